The molecule has 1 saturated heterocycles. The smallest absolute Gasteiger partial charge is 0.318 e. The normalized spacial score (nSPS) is 22.0. The van der Waals surface area contributed by atoms with E-state index in [2.05, 4.69) is 10.5 Å². The molecule has 22 heavy (non-hydrogen) atoms. The summed E-state index contributed by atoms with van der Waals surface area (Å²) in [7, 11) is 0. The van der Waals surface area contributed by atoms with Gasteiger partial charge < -0.3 is 19.5 Å². The Labute approximate surface area is 131 Å². The van der Waals surface area contributed by atoms with Crippen molar-refractivity contribution in [3.8, 4) is 0 Å². The maximum absolute atomic E-state index is 12.6. The van der Waals surface area contributed by atoms with Crippen molar-refractivity contribution in [3.05, 3.63) is 17.0 Å². The molecule has 1 atom stereocenters. The van der Waals surface area contributed by atoms with Crippen LogP contribution in [-0.2, 0) is 4.74 Å². The number of nitrogens with zero attached hydrogens (tertiary/aromatic N) is 2. The number of rotatable bonds is 2. The highest BCUT2D eigenvalue weighted by Gasteiger charge is 2.40. The van der Waals surface area contributed by atoms with E-state index >= 15 is 0 Å². The number of nitrogens with one attached hydrogen (secondary N) is 1. The third kappa shape index (κ3) is 2.84. The summed E-state index contributed by atoms with van der Waals surface area (Å²) in [5.74, 6) is 0.763. The van der Waals surface area contributed by atoms with Gasteiger partial charge in [0.2, 0.25) is 0 Å². The fraction of sp³-hybridized carbons (Fsp3) is 0.750. The van der Waals surface area contributed by atoms with Crippen molar-refractivity contribution < 1.29 is 14.1 Å². The van der Waals surface area contributed by atoms with Crippen molar-refractivity contribution in [2.24, 2.45) is 0 Å². The van der Waals surface area contributed by atoms with Crippen LogP contribution in [0.4, 0.5) is 4.79 Å². The SMILES string of the molecule is Cc1noc(C)c1C(C)NC(=O)N1CCOC2(CCCC2)C1. The Bertz CT molecular complexity index is 529. The summed E-state index contributed by atoms with van der Waals surface area (Å²) < 4.78 is 11.2. The van der Waals surface area contributed by atoms with Crippen molar-refractivity contribution in [2.45, 2.75) is 58.1 Å². The van der Waals surface area contributed by atoms with E-state index in [0.29, 0.717) is 19.7 Å². The van der Waals surface area contributed by atoms with Gasteiger partial charge in [0, 0.05) is 12.1 Å². The lowest BCUT2D eigenvalue weighted by Gasteiger charge is -2.40. The summed E-state index contributed by atoms with van der Waals surface area (Å²) in [6, 6.07) is -0.136. The molecule has 1 unspecified atom stereocenters. The molecule has 122 valence electrons. The maximum Gasteiger partial charge on any atom is 0.318 e. The van der Waals surface area contributed by atoms with Crippen molar-refractivity contribution in [2.75, 3.05) is 19.7 Å². The Morgan fingerprint density at radius 1 is 1.36 bits per heavy atom. The largest absolute Gasteiger partial charge is 0.371 e. The first-order valence-corrected chi connectivity index (χ1v) is 8.13. The van der Waals surface area contributed by atoms with Crippen LogP contribution in [0.1, 0.15) is 55.7 Å². The molecule has 1 N–H and O–H groups in total. The van der Waals surface area contributed by atoms with E-state index in [1.54, 1.807) is 0 Å². The summed E-state index contributed by atoms with van der Waals surface area (Å²) in [6.45, 7) is 7.73. The summed E-state index contributed by atoms with van der Waals surface area (Å²) in [5, 5.41) is 7.03. The van der Waals surface area contributed by atoms with E-state index < -0.39 is 0 Å². The van der Waals surface area contributed by atoms with Crippen LogP contribution in [0.3, 0.4) is 0 Å². The second kappa shape index (κ2) is 5.91. The summed E-state index contributed by atoms with van der Waals surface area (Å²) in [4.78, 5) is 14.5. The van der Waals surface area contributed by atoms with Crippen LogP contribution in [0.5, 0.6) is 0 Å². The molecule has 2 amide bonds. The number of ether oxygens (including phenoxy) is 1. The van der Waals surface area contributed by atoms with Crippen LogP contribution < -0.4 is 5.32 Å². The van der Waals surface area contributed by atoms with Gasteiger partial charge in [-0.1, -0.05) is 18.0 Å². The quantitative estimate of drug-likeness (QED) is 0.912. The first-order chi connectivity index (χ1) is 10.5. The molecule has 1 spiro atoms. The van der Waals surface area contributed by atoms with E-state index in [0.717, 1.165) is 29.9 Å². The molecule has 0 aromatic carbocycles. The lowest BCUT2D eigenvalue weighted by molar-refractivity contribution is -0.0927. The maximum atomic E-state index is 12.6. The molecule has 2 aliphatic rings. The molecular formula is C16H25N3O3. The highest BCUT2D eigenvalue weighted by Crippen LogP contribution is 2.36. The lowest BCUT2D eigenvalue weighted by Crippen LogP contribution is -2.55. The summed E-state index contributed by atoms with van der Waals surface area (Å²) in [6.07, 6.45) is 4.53. The number of hydrogen-bond acceptors (Lipinski definition) is 4. The molecule has 2 fully saturated rings. The average molecular weight is 307 g/mol. The zero-order valence-electron chi connectivity index (χ0n) is 13.6. The fourth-order valence-corrected chi connectivity index (χ4v) is 3.80. The van der Waals surface area contributed by atoms with Gasteiger partial charge in [-0.05, 0) is 33.6 Å². The van der Waals surface area contributed by atoms with Gasteiger partial charge in [0.1, 0.15) is 5.76 Å². The van der Waals surface area contributed by atoms with Crippen molar-refractivity contribution >= 4 is 6.03 Å². The van der Waals surface area contributed by atoms with Crippen LogP contribution in [0.15, 0.2) is 4.52 Å². The molecule has 0 radical (unpaired) electrons. The number of aromatic nitrogens is 1. The molecular weight excluding hydrogens is 282 g/mol. The first kappa shape index (κ1) is 15.3. The number of amides is 2. The van der Waals surface area contributed by atoms with Crippen molar-refractivity contribution in [3.63, 3.8) is 0 Å². The molecule has 1 aromatic heterocycles. The third-order valence-electron chi connectivity index (χ3n) is 4.91. The van der Waals surface area contributed by atoms with Crippen LogP contribution in [-0.4, -0.2) is 41.4 Å². The number of urea groups is 1. The standard InChI is InChI=1S/C16H25N3O3/c1-11(14-12(2)18-22-13(14)3)17-15(20)19-8-9-21-16(10-19)6-4-5-7-16/h11H,4-10H2,1-3H3,(H,17,20). The molecule has 1 aliphatic carbocycles. The fourth-order valence-electron chi connectivity index (χ4n) is 3.80. The molecule has 1 saturated carbocycles. The molecule has 3 rings (SSSR count). The van der Waals surface area contributed by atoms with E-state index in [9.17, 15) is 4.79 Å². The van der Waals surface area contributed by atoms with E-state index in [1.807, 2.05) is 25.7 Å². The predicted molar refractivity (Wildman–Crippen MR) is 81.6 cm³/mol. The molecule has 6 nitrogen and oxygen atoms in total. The number of carbonyl (C=O) groups is 1. The Morgan fingerprint density at radius 3 is 2.73 bits per heavy atom. The zero-order chi connectivity index (χ0) is 15.7. The topological polar surface area (TPSA) is 67.6 Å². The first-order valence-electron chi connectivity index (χ1n) is 8.13. The minimum absolute atomic E-state index is 0.0259. The van der Waals surface area contributed by atoms with Crippen LogP contribution in [0.25, 0.3) is 0 Å². The predicted octanol–water partition coefficient (Wildman–Crippen LogP) is 2.71. The second-order valence-corrected chi connectivity index (χ2v) is 6.57. The van der Waals surface area contributed by atoms with Gasteiger partial charge in [-0.25, -0.2) is 4.79 Å². The van der Waals surface area contributed by atoms with Gasteiger partial charge in [-0.15, -0.1) is 0 Å². The van der Waals surface area contributed by atoms with E-state index in [4.69, 9.17) is 9.26 Å². The Balaban J connectivity index is 1.64. The third-order valence-corrected chi connectivity index (χ3v) is 4.91. The van der Waals surface area contributed by atoms with Gasteiger partial charge >= 0.3 is 6.03 Å². The van der Waals surface area contributed by atoms with Crippen molar-refractivity contribution in [1.29, 1.82) is 0 Å². The number of aryl methyl sites for hydroxylation is 2. The number of carbonyl (C=O) groups excluding carboxylic acids is 1. The molecule has 2 heterocycles. The molecule has 6 heteroatoms. The van der Waals surface area contributed by atoms with Gasteiger partial charge in [-0.2, -0.15) is 0 Å². The monoisotopic (exact) mass is 307 g/mol. The van der Waals surface area contributed by atoms with Gasteiger partial charge in [-0.3, -0.25) is 0 Å². The number of hydrogen-bond donors (Lipinski definition) is 1. The van der Waals surface area contributed by atoms with Crippen LogP contribution in [0.2, 0.25) is 0 Å². The zero-order valence-corrected chi connectivity index (χ0v) is 13.6. The lowest BCUT2D eigenvalue weighted by atomic mass is 10.00. The molecule has 1 aliphatic heterocycles. The molecule has 1 aromatic rings. The van der Waals surface area contributed by atoms with Crippen LogP contribution >= 0.6 is 0 Å². The van der Waals surface area contributed by atoms with Gasteiger partial charge in [0.05, 0.1) is 30.5 Å². The second-order valence-electron chi connectivity index (χ2n) is 6.57. The Hall–Kier alpha value is -1.56. The highest BCUT2D eigenvalue weighted by molar-refractivity contribution is 5.75. The number of morpholine rings is 1. The van der Waals surface area contributed by atoms with Crippen molar-refractivity contribution in [1.82, 2.24) is 15.4 Å². The highest BCUT2D eigenvalue weighted by atomic mass is 16.5. The van der Waals surface area contributed by atoms with Crippen LogP contribution in [0, 0.1) is 13.8 Å². The summed E-state index contributed by atoms with van der Waals surface area (Å²) in [5.41, 5.74) is 1.71. The Morgan fingerprint density at radius 2 is 2.09 bits per heavy atom. The van der Waals surface area contributed by atoms with E-state index in [-0.39, 0.29) is 17.7 Å². The van der Waals surface area contributed by atoms with E-state index in [1.165, 1.54) is 12.8 Å². The minimum Gasteiger partial charge on any atom is -0.371 e. The van der Waals surface area contributed by atoms with Gasteiger partial charge in [0.25, 0.3) is 0 Å². The Kier molecular flexibility index (Phi) is 4.12. The molecule has 0 bridgehead atoms. The minimum atomic E-state index is -0.110. The summed E-state index contributed by atoms with van der Waals surface area (Å²) >= 11 is 0. The van der Waals surface area contributed by atoms with Gasteiger partial charge in [0.15, 0.2) is 0 Å². The average Bonchev–Trinajstić information content (AvgIpc) is 3.06.